The Bertz CT molecular complexity index is 877. The minimum Gasteiger partial charge on any atom is -0.339 e. The average Bonchev–Trinajstić information content (AvgIpc) is 3.14. The van der Waals surface area contributed by atoms with Crippen molar-refractivity contribution >= 4 is 38.9 Å². The van der Waals surface area contributed by atoms with E-state index in [0.29, 0.717) is 10.6 Å². The van der Waals surface area contributed by atoms with Gasteiger partial charge in [-0.3, -0.25) is 9.59 Å². The van der Waals surface area contributed by atoms with E-state index in [1.165, 1.54) is 36.6 Å². The summed E-state index contributed by atoms with van der Waals surface area (Å²) in [4.78, 5) is 25.4. The molecule has 0 fully saturated rings. The summed E-state index contributed by atoms with van der Waals surface area (Å²) in [6, 6.07) is 8.61. The summed E-state index contributed by atoms with van der Waals surface area (Å²) < 4.78 is 26.0. The maximum atomic E-state index is 12.6. The molecular weight excluding hydrogens is 374 g/mol. The Balaban J connectivity index is 2.15. The lowest BCUT2D eigenvalue weighted by atomic mass is 10.0. The van der Waals surface area contributed by atoms with Crippen LogP contribution in [0.15, 0.2) is 46.7 Å². The number of thiophene rings is 1. The SMILES string of the molecule is CNS(=O)(=O)c1cccc(NC(=O)C(NC(=O)c2cccs2)C(C)C)c1. The van der Waals surface area contributed by atoms with Gasteiger partial charge in [-0.2, -0.15) is 0 Å². The average molecular weight is 396 g/mol. The van der Waals surface area contributed by atoms with Crippen LogP contribution in [0.25, 0.3) is 0 Å². The van der Waals surface area contributed by atoms with Crippen molar-refractivity contribution in [2.45, 2.75) is 24.8 Å². The smallest absolute Gasteiger partial charge is 0.262 e. The van der Waals surface area contributed by atoms with Gasteiger partial charge >= 0.3 is 0 Å². The number of amides is 2. The standard InChI is InChI=1S/C17H21N3O4S2/c1-11(2)15(20-16(21)14-8-5-9-25-14)17(22)19-12-6-4-7-13(10-12)26(23,24)18-3/h4-11,15,18H,1-3H3,(H,19,22)(H,20,21). The minimum absolute atomic E-state index is 0.0431. The molecule has 2 rings (SSSR count). The van der Waals surface area contributed by atoms with Crippen LogP contribution in [-0.4, -0.2) is 33.3 Å². The molecule has 2 aromatic rings. The molecule has 2 amide bonds. The van der Waals surface area contributed by atoms with Crippen molar-refractivity contribution in [2.75, 3.05) is 12.4 Å². The first-order chi connectivity index (χ1) is 12.2. The summed E-state index contributed by atoms with van der Waals surface area (Å²) in [5, 5.41) is 7.18. The number of sulfonamides is 1. The van der Waals surface area contributed by atoms with E-state index in [4.69, 9.17) is 0 Å². The Morgan fingerprint density at radius 1 is 1.12 bits per heavy atom. The van der Waals surface area contributed by atoms with E-state index in [1.54, 1.807) is 23.6 Å². The lowest BCUT2D eigenvalue weighted by molar-refractivity contribution is -0.118. The van der Waals surface area contributed by atoms with Crippen molar-refractivity contribution in [3.05, 3.63) is 46.7 Å². The third-order valence-corrected chi connectivity index (χ3v) is 5.94. The quantitative estimate of drug-likeness (QED) is 0.667. The molecule has 0 saturated carbocycles. The Kier molecular flexibility index (Phi) is 6.52. The zero-order valence-electron chi connectivity index (χ0n) is 14.6. The topological polar surface area (TPSA) is 104 Å². The zero-order chi connectivity index (χ0) is 19.3. The van der Waals surface area contributed by atoms with E-state index in [0.717, 1.165) is 0 Å². The van der Waals surface area contributed by atoms with Crippen molar-refractivity contribution < 1.29 is 18.0 Å². The molecule has 1 unspecified atom stereocenters. The Hall–Kier alpha value is -2.23. The van der Waals surface area contributed by atoms with Crippen molar-refractivity contribution in [2.24, 2.45) is 5.92 Å². The van der Waals surface area contributed by atoms with Crippen molar-refractivity contribution in [1.82, 2.24) is 10.0 Å². The fourth-order valence-corrected chi connectivity index (χ4v) is 3.64. The van der Waals surface area contributed by atoms with Crippen molar-refractivity contribution in [1.29, 1.82) is 0 Å². The number of hydrogen-bond donors (Lipinski definition) is 3. The monoisotopic (exact) mass is 395 g/mol. The molecule has 3 N–H and O–H groups in total. The maximum Gasteiger partial charge on any atom is 0.262 e. The number of nitrogens with one attached hydrogen (secondary N) is 3. The fourth-order valence-electron chi connectivity index (χ4n) is 2.23. The van der Waals surface area contributed by atoms with Crippen LogP contribution in [0.3, 0.4) is 0 Å². The highest BCUT2D eigenvalue weighted by atomic mass is 32.2. The predicted octanol–water partition coefficient (Wildman–Crippen LogP) is 2.05. The number of carbonyl (C=O) groups excluding carboxylic acids is 2. The molecule has 1 aromatic heterocycles. The predicted molar refractivity (Wildman–Crippen MR) is 102 cm³/mol. The number of rotatable bonds is 7. The van der Waals surface area contributed by atoms with Gasteiger partial charge in [-0.1, -0.05) is 26.0 Å². The second-order valence-electron chi connectivity index (χ2n) is 5.90. The van der Waals surface area contributed by atoms with Gasteiger partial charge in [0.2, 0.25) is 15.9 Å². The van der Waals surface area contributed by atoms with Gasteiger partial charge in [-0.15, -0.1) is 11.3 Å². The lowest BCUT2D eigenvalue weighted by Crippen LogP contribution is -2.46. The molecule has 140 valence electrons. The molecule has 1 aromatic carbocycles. The molecule has 1 heterocycles. The molecule has 0 aliphatic rings. The van der Waals surface area contributed by atoms with Crippen molar-refractivity contribution in [3.8, 4) is 0 Å². The van der Waals surface area contributed by atoms with Crippen LogP contribution in [0.5, 0.6) is 0 Å². The van der Waals surface area contributed by atoms with Gasteiger partial charge < -0.3 is 10.6 Å². The van der Waals surface area contributed by atoms with Gasteiger partial charge in [0.25, 0.3) is 5.91 Å². The molecule has 0 aliphatic heterocycles. The Morgan fingerprint density at radius 3 is 2.42 bits per heavy atom. The summed E-state index contributed by atoms with van der Waals surface area (Å²) in [6.07, 6.45) is 0. The normalized spacial score (nSPS) is 12.6. The van der Waals surface area contributed by atoms with Crippen LogP contribution in [0.2, 0.25) is 0 Å². The molecule has 0 aliphatic carbocycles. The van der Waals surface area contributed by atoms with Gasteiger partial charge in [0.15, 0.2) is 0 Å². The lowest BCUT2D eigenvalue weighted by Gasteiger charge is -2.21. The summed E-state index contributed by atoms with van der Waals surface area (Å²) in [5.74, 6) is -0.882. The molecular formula is C17H21N3O4S2. The van der Waals surface area contributed by atoms with Crippen LogP contribution in [0.1, 0.15) is 23.5 Å². The summed E-state index contributed by atoms with van der Waals surface area (Å²) >= 11 is 1.29. The van der Waals surface area contributed by atoms with Crippen LogP contribution in [0, 0.1) is 5.92 Å². The van der Waals surface area contributed by atoms with Crippen LogP contribution in [0.4, 0.5) is 5.69 Å². The van der Waals surface area contributed by atoms with Gasteiger partial charge in [-0.25, -0.2) is 13.1 Å². The first kappa shape index (κ1) is 20.1. The summed E-state index contributed by atoms with van der Waals surface area (Å²) in [6.45, 7) is 3.64. The first-order valence-electron chi connectivity index (χ1n) is 7.93. The highest BCUT2D eigenvalue weighted by Crippen LogP contribution is 2.17. The first-order valence-corrected chi connectivity index (χ1v) is 10.3. The summed E-state index contributed by atoms with van der Waals surface area (Å²) in [7, 11) is -2.30. The molecule has 1 atom stereocenters. The number of hydrogen-bond acceptors (Lipinski definition) is 5. The minimum atomic E-state index is -3.61. The molecule has 26 heavy (non-hydrogen) atoms. The van der Waals surface area contributed by atoms with Gasteiger partial charge in [0.05, 0.1) is 9.77 Å². The molecule has 9 heteroatoms. The fraction of sp³-hybridized carbons (Fsp3) is 0.294. The second-order valence-corrected chi connectivity index (χ2v) is 8.73. The van der Waals surface area contributed by atoms with Crippen LogP contribution < -0.4 is 15.4 Å². The van der Waals surface area contributed by atoms with E-state index in [9.17, 15) is 18.0 Å². The van der Waals surface area contributed by atoms with Crippen LogP contribution >= 0.6 is 11.3 Å². The number of benzene rings is 1. The van der Waals surface area contributed by atoms with E-state index >= 15 is 0 Å². The van der Waals surface area contributed by atoms with E-state index in [1.807, 2.05) is 13.8 Å². The molecule has 0 spiro atoms. The van der Waals surface area contributed by atoms with E-state index < -0.39 is 22.0 Å². The van der Waals surface area contributed by atoms with E-state index in [-0.39, 0.29) is 16.7 Å². The largest absolute Gasteiger partial charge is 0.339 e. The highest BCUT2D eigenvalue weighted by Gasteiger charge is 2.25. The Labute approximate surface area is 156 Å². The van der Waals surface area contributed by atoms with Crippen LogP contribution in [-0.2, 0) is 14.8 Å². The summed E-state index contributed by atoms with van der Waals surface area (Å²) in [5.41, 5.74) is 0.336. The third kappa shape index (κ3) is 4.90. The molecule has 0 radical (unpaired) electrons. The molecule has 7 nitrogen and oxygen atoms in total. The zero-order valence-corrected chi connectivity index (χ0v) is 16.3. The molecule has 0 bridgehead atoms. The molecule has 0 saturated heterocycles. The van der Waals surface area contributed by atoms with Gasteiger partial charge in [-0.05, 0) is 42.6 Å². The maximum absolute atomic E-state index is 12.6. The van der Waals surface area contributed by atoms with Crippen molar-refractivity contribution in [3.63, 3.8) is 0 Å². The van der Waals surface area contributed by atoms with E-state index in [2.05, 4.69) is 15.4 Å². The highest BCUT2D eigenvalue weighted by molar-refractivity contribution is 7.89. The van der Waals surface area contributed by atoms with Gasteiger partial charge in [0.1, 0.15) is 6.04 Å². The second kappa shape index (κ2) is 8.43. The van der Waals surface area contributed by atoms with Gasteiger partial charge in [0, 0.05) is 5.69 Å². The Morgan fingerprint density at radius 2 is 1.85 bits per heavy atom. The number of anilines is 1. The number of carbonyl (C=O) groups is 2. The third-order valence-electron chi connectivity index (χ3n) is 3.66.